The van der Waals surface area contributed by atoms with Crippen molar-refractivity contribution in [1.82, 2.24) is 29.5 Å². The van der Waals surface area contributed by atoms with Crippen LogP contribution in [0.4, 0.5) is 5.82 Å². The van der Waals surface area contributed by atoms with E-state index in [1.165, 1.54) is 40.3 Å². The number of ether oxygens (including phenoxy) is 1. The van der Waals surface area contributed by atoms with E-state index in [-0.39, 0.29) is 0 Å². The Morgan fingerprint density at radius 1 is 1.03 bits per heavy atom. The standard InChI is InChI=1S/C27H31N7OS/c1-18-4-3-5-20(14-18)22-6-7-34(30-22)27-28-24-19(2)23(17-33-9-8-31-15-21(33)16-31)36-25(24)26(29-27)32-10-12-35-13-11-32/h3-7,14,21H,8-13,15-17H2,1-2H3. The van der Waals surface area contributed by atoms with Crippen LogP contribution >= 0.6 is 11.3 Å². The van der Waals surface area contributed by atoms with Crippen LogP contribution in [0.2, 0.25) is 0 Å². The number of piperazine rings is 2. The SMILES string of the molecule is Cc1cccc(-c2ccn(-c3nc(N4CCOCC4)c4sc(CN5CCN6CC5C6)c(C)c4n3)n2)c1. The van der Waals surface area contributed by atoms with E-state index in [1.54, 1.807) is 0 Å². The Bertz CT molecular complexity index is 1410. The maximum absolute atomic E-state index is 5.65. The molecule has 0 N–H and O–H groups in total. The quantitative estimate of drug-likeness (QED) is 0.415. The molecule has 4 aliphatic heterocycles. The first-order chi connectivity index (χ1) is 17.6. The second kappa shape index (κ2) is 8.92. The summed E-state index contributed by atoms with van der Waals surface area (Å²) in [5, 5.41) is 4.87. The highest BCUT2D eigenvalue weighted by Crippen LogP contribution is 2.38. The van der Waals surface area contributed by atoms with Crippen LogP contribution in [0.1, 0.15) is 16.0 Å². The smallest absolute Gasteiger partial charge is 0.253 e. The van der Waals surface area contributed by atoms with Crippen molar-refractivity contribution in [1.29, 1.82) is 0 Å². The number of fused-ring (bicyclic) bond motifs is 3. The van der Waals surface area contributed by atoms with Crippen molar-refractivity contribution in [3.63, 3.8) is 0 Å². The van der Waals surface area contributed by atoms with Crippen molar-refractivity contribution < 1.29 is 4.74 Å². The molecule has 186 valence electrons. The second-order valence-corrected chi connectivity index (χ2v) is 11.3. The molecule has 4 aliphatic rings. The topological polar surface area (TPSA) is 62.6 Å². The van der Waals surface area contributed by atoms with Gasteiger partial charge in [-0.2, -0.15) is 10.1 Å². The molecule has 3 aromatic heterocycles. The number of hydrogen-bond acceptors (Lipinski definition) is 8. The van der Waals surface area contributed by atoms with E-state index < -0.39 is 0 Å². The molecule has 4 aromatic rings. The largest absolute Gasteiger partial charge is 0.378 e. The minimum atomic E-state index is 0.628. The molecule has 0 amide bonds. The van der Waals surface area contributed by atoms with Crippen LogP contribution in [0, 0.1) is 13.8 Å². The molecule has 0 unspecified atom stereocenters. The van der Waals surface area contributed by atoms with Crippen molar-refractivity contribution in [3.05, 3.63) is 52.5 Å². The van der Waals surface area contributed by atoms with Gasteiger partial charge in [0.2, 0.25) is 0 Å². The summed E-state index contributed by atoms with van der Waals surface area (Å²) in [5.74, 6) is 1.64. The Kier molecular flexibility index (Phi) is 5.54. The van der Waals surface area contributed by atoms with Gasteiger partial charge in [-0.1, -0.05) is 23.8 Å². The first-order valence-electron chi connectivity index (χ1n) is 12.8. The van der Waals surface area contributed by atoms with Crippen LogP contribution in [0.5, 0.6) is 0 Å². The third kappa shape index (κ3) is 3.91. The number of morpholine rings is 1. The van der Waals surface area contributed by atoms with E-state index in [9.17, 15) is 0 Å². The van der Waals surface area contributed by atoms with Crippen molar-refractivity contribution in [2.75, 3.05) is 57.4 Å². The third-order valence-corrected chi connectivity index (χ3v) is 9.02. The highest BCUT2D eigenvalue weighted by atomic mass is 32.1. The summed E-state index contributed by atoms with van der Waals surface area (Å²) < 4.78 is 8.66. The van der Waals surface area contributed by atoms with Crippen LogP contribution in [-0.4, -0.2) is 88.1 Å². The molecule has 8 rings (SSSR count). The van der Waals surface area contributed by atoms with E-state index in [0.717, 1.165) is 62.0 Å². The normalized spacial score (nSPS) is 22.2. The van der Waals surface area contributed by atoms with Gasteiger partial charge in [-0.3, -0.25) is 9.80 Å². The van der Waals surface area contributed by atoms with Crippen LogP contribution < -0.4 is 4.90 Å². The fourth-order valence-corrected chi connectivity index (χ4v) is 6.83. The Labute approximate surface area is 215 Å². The zero-order valence-electron chi connectivity index (χ0n) is 20.9. The van der Waals surface area contributed by atoms with E-state index in [0.29, 0.717) is 12.0 Å². The van der Waals surface area contributed by atoms with Gasteiger partial charge in [0.1, 0.15) is 0 Å². The fourth-order valence-electron chi connectivity index (χ4n) is 5.54. The molecule has 2 bridgehead atoms. The number of anilines is 1. The Balaban J connectivity index is 1.29. The molecule has 0 spiro atoms. The predicted molar refractivity (Wildman–Crippen MR) is 143 cm³/mol. The molecule has 4 fully saturated rings. The first-order valence-corrected chi connectivity index (χ1v) is 13.7. The minimum Gasteiger partial charge on any atom is -0.378 e. The molecule has 4 saturated heterocycles. The van der Waals surface area contributed by atoms with Crippen molar-refractivity contribution in [2.45, 2.75) is 26.4 Å². The molecule has 36 heavy (non-hydrogen) atoms. The van der Waals surface area contributed by atoms with Crippen molar-refractivity contribution in [3.8, 4) is 17.2 Å². The number of rotatable bonds is 5. The number of thiophene rings is 1. The molecule has 7 heterocycles. The Morgan fingerprint density at radius 3 is 2.67 bits per heavy atom. The van der Waals surface area contributed by atoms with Gasteiger partial charge in [-0.25, -0.2) is 9.67 Å². The maximum Gasteiger partial charge on any atom is 0.253 e. The molecule has 1 aromatic carbocycles. The summed E-state index contributed by atoms with van der Waals surface area (Å²) in [6.07, 6.45) is 1.97. The molecular formula is C27H31N7OS. The van der Waals surface area contributed by atoms with Crippen LogP contribution in [0.3, 0.4) is 0 Å². The highest BCUT2D eigenvalue weighted by molar-refractivity contribution is 7.19. The van der Waals surface area contributed by atoms with Crippen LogP contribution in [0.25, 0.3) is 27.4 Å². The van der Waals surface area contributed by atoms with Gasteiger partial charge < -0.3 is 9.64 Å². The van der Waals surface area contributed by atoms with E-state index >= 15 is 0 Å². The van der Waals surface area contributed by atoms with Gasteiger partial charge in [-0.15, -0.1) is 11.3 Å². The fraction of sp³-hybridized carbons (Fsp3) is 0.444. The summed E-state index contributed by atoms with van der Waals surface area (Å²) in [6, 6.07) is 11.2. The lowest BCUT2D eigenvalue weighted by molar-refractivity contribution is -0.0291. The molecule has 0 radical (unpaired) electrons. The summed E-state index contributed by atoms with van der Waals surface area (Å²) in [6.45, 7) is 13.2. The summed E-state index contributed by atoms with van der Waals surface area (Å²) in [4.78, 5) is 19.1. The molecule has 0 atom stereocenters. The summed E-state index contributed by atoms with van der Waals surface area (Å²) in [5.41, 5.74) is 5.59. The lowest BCUT2D eigenvalue weighted by atomic mass is 10.0. The molecule has 9 heteroatoms. The van der Waals surface area contributed by atoms with Crippen molar-refractivity contribution in [2.24, 2.45) is 0 Å². The second-order valence-electron chi connectivity index (χ2n) is 10.2. The molecule has 0 saturated carbocycles. The van der Waals surface area contributed by atoms with Crippen molar-refractivity contribution >= 4 is 27.4 Å². The Morgan fingerprint density at radius 2 is 1.89 bits per heavy atom. The zero-order valence-corrected chi connectivity index (χ0v) is 21.7. The molecule has 0 aliphatic carbocycles. The predicted octanol–water partition coefficient (Wildman–Crippen LogP) is 3.50. The molecule has 8 nitrogen and oxygen atoms in total. The lowest BCUT2D eigenvalue weighted by Gasteiger charge is -2.51. The lowest BCUT2D eigenvalue weighted by Crippen LogP contribution is -2.66. The number of aryl methyl sites for hydroxylation is 2. The van der Waals surface area contributed by atoms with Gasteiger partial charge in [0.05, 0.1) is 29.1 Å². The van der Waals surface area contributed by atoms with E-state index in [1.807, 2.05) is 28.3 Å². The van der Waals surface area contributed by atoms with Gasteiger partial charge in [-0.05, 0) is 31.5 Å². The average Bonchev–Trinajstić information content (AvgIpc) is 3.49. The summed E-state index contributed by atoms with van der Waals surface area (Å²) >= 11 is 1.87. The zero-order chi connectivity index (χ0) is 24.2. The third-order valence-electron chi connectivity index (χ3n) is 7.76. The van der Waals surface area contributed by atoms with Gasteiger partial charge in [0.25, 0.3) is 5.95 Å². The van der Waals surface area contributed by atoms with Gasteiger partial charge in [0.15, 0.2) is 5.82 Å². The first kappa shape index (κ1) is 22.4. The van der Waals surface area contributed by atoms with Gasteiger partial charge >= 0.3 is 0 Å². The maximum atomic E-state index is 5.65. The number of aromatic nitrogens is 4. The van der Waals surface area contributed by atoms with E-state index in [4.69, 9.17) is 19.8 Å². The highest BCUT2D eigenvalue weighted by Gasteiger charge is 2.37. The Hall–Kier alpha value is -2.85. The van der Waals surface area contributed by atoms with E-state index in [2.05, 4.69) is 52.8 Å². The van der Waals surface area contributed by atoms with Crippen LogP contribution in [0.15, 0.2) is 36.5 Å². The van der Waals surface area contributed by atoms with Crippen LogP contribution in [-0.2, 0) is 11.3 Å². The minimum absolute atomic E-state index is 0.628. The molecular weight excluding hydrogens is 470 g/mol. The monoisotopic (exact) mass is 501 g/mol. The average molecular weight is 502 g/mol. The van der Waals surface area contributed by atoms with Gasteiger partial charge in [0, 0.05) is 68.5 Å². The number of nitrogens with zero attached hydrogens (tertiary/aromatic N) is 7. The number of benzene rings is 1. The number of hydrogen-bond donors (Lipinski definition) is 0. The summed E-state index contributed by atoms with van der Waals surface area (Å²) in [7, 11) is 0.